The van der Waals surface area contributed by atoms with Gasteiger partial charge in [-0.05, 0) is 62.2 Å². The zero-order valence-corrected chi connectivity index (χ0v) is 16.7. The Kier molecular flexibility index (Phi) is 8.34. The molecule has 2 aromatic carbocycles. The molecule has 0 aliphatic heterocycles. The summed E-state index contributed by atoms with van der Waals surface area (Å²) in [5.41, 5.74) is 1.95. The van der Waals surface area contributed by atoms with Gasteiger partial charge in [0.05, 0.1) is 13.2 Å². The molecule has 0 spiro atoms. The average molecular weight is 383 g/mol. The van der Waals surface area contributed by atoms with E-state index in [0.29, 0.717) is 17.9 Å². The van der Waals surface area contributed by atoms with E-state index in [1.807, 2.05) is 38.1 Å². The van der Waals surface area contributed by atoms with Gasteiger partial charge in [-0.3, -0.25) is 9.59 Å². The molecule has 2 aromatic rings. The first-order valence-electron chi connectivity index (χ1n) is 9.69. The summed E-state index contributed by atoms with van der Waals surface area (Å²) in [6.07, 6.45) is 1.82. The third kappa shape index (κ3) is 6.95. The van der Waals surface area contributed by atoms with Crippen LogP contribution in [0.25, 0.3) is 0 Å². The molecular formula is C22H29N3O3. The number of amides is 2. The number of anilines is 2. The Balaban J connectivity index is 1.85. The Labute approximate surface area is 166 Å². The average Bonchev–Trinajstić information content (AvgIpc) is 2.71. The quantitative estimate of drug-likeness (QED) is 0.578. The fraction of sp³-hybridized carbons (Fsp3) is 0.364. The van der Waals surface area contributed by atoms with Crippen molar-refractivity contribution in [2.75, 3.05) is 23.8 Å². The topological polar surface area (TPSA) is 79.5 Å². The molecule has 3 N–H and O–H groups in total. The number of hydrogen-bond donors (Lipinski definition) is 3. The number of nitrogens with one attached hydrogen (secondary N) is 3. The molecule has 0 saturated carbocycles. The van der Waals surface area contributed by atoms with Crippen LogP contribution in [0.5, 0.6) is 5.75 Å². The van der Waals surface area contributed by atoms with Crippen molar-refractivity contribution in [2.45, 2.75) is 39.7 Å². The van der Waals surface area contributed by atoms with Gasteiger partial charge in [-0.15, -0.1) is 0 Å². The number of hydrogen-bond acceptors (Lipinski definition) is 4. The summed E-state index contributed by atoms with van der Waals surface area (Å²) in [7, 11) is 0. The molecule has 1 atom stereocenters. The van der Waals surface area contributed by atoms with E-state index in [0.717, 1.165) is 24.3 Å². The van der Waals surface area contributed by atoms with E-state index in [2.05, 4.69) is 22.9 Å². The number of carbonyl (C=O) groups is 2. The Morgan fingerprint density at radius 2 is 1.79 bits per heavy atom. The van der Waals surface area contributed by atoms with Crippen LogP contribution in [0.1, 0.15) is 44.0 Å². The summed E-state index contributed by atoms with van der Waals surface area (Å²) in [6.45, 7) is 6.84. The fourth-order valence-electron chi connectivity index (χ4n) is 2.42. The van der Waals surface area contributed by atoms with Crippen molar-refractivity contribution in [1.82, 2.24) is 5.32 Å². The normalized spacial score (nSPS) is 11.4. The zero-order valence-electron chi connectivity index (χ0n) is 16.7. The first kappa shape index (κ1) is 21.3. The summed E-state index contributed by atoms with van der Waals surface area (Å²) >= 11 is 0. The van der Waals surface area contributed by atoms with Crippen molar-refractivity contribution < 1.29 is 14.3 Å². The summed E-state index contributed by atoms with van der Waals surface area (Å²) in [5, 5.41) is 8.80. The Morgan fingerprint density at radius 1 is 1.04 bits per heavy atom. The van der Waals surface area contributed by atoms with Gasteiger partial charge in [-0.2, -0.15) is 0 Å². The minimum atomic E-state index is -0.189. The number of ether oxygens (including phenoxy) is 1. The largest absolute Gasteiger partial charge is 0.494 e. The highest BCUT2D eigenvalue weighted by Gasteiger charge is 2.10. The minimum Gasteiger partial charge on any atom is -0.494 e. The molecule has 2 amide bonds. The van der Waals surface area contributed by atoms with Gasteiger partial charge >= 0.3 is 0 Å². The van der Waals surface area contributed by atoms with Gasteiger partial charge < -0.3 is 20.7 Å². The second-order valence-electron chi connectivity index (χ2n) is 6.64. The maximum atomic E-state index is 12.2. The van der Waals surface area contributed by atoms with Gasteiger partial charge in [0.15, 0.2) is 0 Å². The molecule has 0 radical (unpaired) electrons. The van der Waals surface area contributed by atoms with Crippen molar-refractivity contribution in [2.24, 2.45) is 0 Å². The number of rotatable bonds is 10. The van der Waals surface area contributed by atoms with E-state index in [-0.39, 0.29) is 24.4 Å². The van der Waals surface area contributed by atoms with Crippen LogP contribution in [0.15, 0.2) is 48.5 Å². The minimum absolute atomic E-state index is 0.105. The standard InChI is InChI=1S/C22H29N3O3/c1-4-13-28-20-11-9-18(10-12-20)23-15-21(26)25-19-8-6-7-17(14-19)22(27)24-16(3)5-2/h6-12,14,16,23H,4-5,13,15H2,1-3H3,(H,24,27)(H,25,26). The second-order valence-corrected chi connectivity index (χ2v) is 6.64. The summed E-state index contributed by atoms with van der Waals surface area (Å²) in [4.78, 5) is 24.4. The van der Waals surface area contributed by atoms with Crippen LogP contribution >= 0.6 is 0 Å². The van der Waals surface area contributed by atoms with E-state index in [4.69, 9.17) is 4.74 Å². The molecule has 0 saturated heterocycles. The molecule has 2 rings (SSSR count). The Hall–Kier alpha value is -3.02. The van der Waals surface area contributed by atoms with Crippen LogP contribution < -0.4 is 20.7 Å². The highest BCUT2D eigenvalue weighted by Crippen LogP contribution is 2.16. The molecule has 0 bridgehead atoms. The number of benzene rings is 2. The van der Waals surface area contributed by atoms with Gasteiger partial charge in [0.1, 0.15) is 5.75 Å². The molecule has 6 heteroatoms. The van der Waals surface area contributed by atoms with Crippen LogP contribution in [0.2, 0.25) is 0 Å². The second kappa shape index (κ2) is 11.0. The molecule has 0 aliphatic carbocycles. The smallest absolute Gasteiger partial charge is 0.251 e. The van der Waals surface area contributed by atoms with Crippen molar-refractivity contribution in [3.05, 3.63) is 54.1 Å². The van der Waals surface area contributed by atoms with Crippen molar-refractivity contribution in [3.63, 3.8) is 0 Å². The van der Waals surface area contributed by atoms with E-state index in [1.54, 1.807) is 24.3 Å². The molecule has 0 aliphatic rings. The van der Waals surface area contributed by atoms with Gasteiger partial charge in [-0.25, -0.2) is 0 Å². The Morgan fingerprint density at radius 3 is 2.46 bits per heavy atom. The van der Waals surface area contributed by atoms with Crippen LogP contribution in [0.3, 0.4) is 0 Å². The molecule has 1 unspecified atom stereocenters. The highest BCUT2D eigenvalue weighted by atomic mass is 16.5. The molecule has 150 valence electrons. The molecular weight excluding hydrogens is 354 g/mol. The predicted octanol–water partition coefficient (Wildman–Crippen LogP) is 4.05. The SMILES string of the molecule is CCCOc1ccc(NCC(=O)Nc2cccc(C(=O)NC(C)CC)c2)cc1. The van der Waals surface area contributed by atoms with Crippen molar-refractivity contribution >= 4 is 23.2 Å². The van der Waals surface area contributed by atoms with E-state index >= 15 is 0 Å². The van der Waals surface area contributed by atoms with Gasteiger partial charge in [0, 0.05) is 23.0 Å². The first-order chi connectivity index (χ1) is 13.5. The zero-order chi connectivity index (χ0) is 20.4. The monoisotopic (exact) mass is 383 g/mol. The molecule has 0 fully saturated rings. The van der Waals surface area contributed by atoms with E-state index in [9.17, 15) is 9.59 Å². The maximum absolute atomic E-state index is 12.2. The summed E-state index contributed by atoms with van der Waals surface area (Å²) in [6, 6.07) is 14.5. The van der Waals surface area contributed by atoms with Crippen molar-refractivity contribution in [1.29, 1.82) is 0 Å². The predicted molar refractivity (Wildman–Crippen MR) is 113 cm³/mol. The highest BCUT2D eigenvalue weighted by molar-refractivity contribution is 5.98. The number of carbonyl (C=O) groups excluding carboxylic acids is 2. The van der Waals surface area contributed by atoms with Crippen LogP contribution in [0, 0.1) is 0 Å². The van der Waals surface area contributed by atoms with Gasteiger partial charge in [-0.1, -0.05) is 19.9 Å². The van der Waals surface area contributed by atoms with Crippen molar-refractivity contribution in [3.8, 4) is 5.75 Å². The van der Waals surface area contributed by atoms with Gasteiger partial charge in [0.2, 0.25) is 5.91 Å². The lowest BCUT2D eigenvalue weighted by atomic mass is 10.1. The maximum Gasteiger partial charge on any atom is 0.251 e. The van der Waals surface area contributed by atoms with Crippen LogP contribution in [-0.2, 0) is 4.79 Å². The lowest BCUT2D eigenvalue weighted by Crippen LogP contribution is -2.32. The summed E-state index contributed by atoms with van der Waals surface area (Å²) < 4.78 is 5.54. The lowest BCUT2D eigenvalue weighted by Gasteiger charge is -2.12. The van der Waals surface area contributed by atoms with Crippen LogP contribution in [-0.4, -0.2) is 31.0 Å². The summed E-state index contributed by atoms with van der Waals surface area (Å²) in [5.74, 6) is 0.476. The lowest BCUT2D eigenvalue weighted by molar-refractivity contribution is -0.114. The van der Waals surface area contributed by atoms with Gasteiger partial charge in [0.25, 0.3) is 5.91 Å². The van der Waals surface area contributed by atoms with Crippen LogP contribution in [0.4, 0.5) is 11.4 Å². The third-order valence-electron chi connectivity index (χ3n) is 4.18. The molecule has 0 heterocycles. The first-order valence-corrected chi connectivity index (χ1v) is 9.69. The fourth-order valence-corrected chi connectivity index (χ4v) is 2.42. The van der Waals surface area contributed by atoms with E-state index in [1.165, 1.54) is 0 Å². The Bertz CT molecular complexity index is 775. The molecule has 6 nitrogen and oxygen atoms in total. The molecule has 28 heavy (non-hydrogen) atoms. The molecule has 0 aromatic heterocycles. The third-order valence-corrected chi connectivity index (χ3v) is 4.18. The van der Waals surface area contributed by atoms with E-state index < -0.39 is 0 Å².